The quantitative estimate of drug-likeness (QED) is 0.861. The third-order valence-corrected chi connectivity index (χ3v) is 5.09. The summed E-state index contributed by atoms with van der Waals surface area (Å²) in [7, 11) is 0. The minimum Gasteiger partial charge on any atom is -0.309 e. The fourth-order valence-electron chi connectivity index (χ4n) is 2.18. The molecule has 18 heavy (non-hydrogen) atoms. The van der Waals surface area contributed by atoms with Gasteiger partial charge in [0.25, 0.3) is 0 Å². The number of nitrogens with one attached hydrogen (secondary N) is 1. The van der Waals surface area contributed by atoms with Crippen molar-refractivity contribution >= 4 is 22.7 Å². The van der Waals surface area contributed by atoms with E-state index < -0.39 is 0 Å². The predicted octanol–water partition coefficient (Wildman–Crippen LogP) is 4.10. The molecule has 0 spiro atoms. The highest BCUT2D eigenvalue weighted by Gasteiger charge is 2.16. The molecule has 2 heterocycles. The lowest BCUT2D eigenvalue weighted by molar-refractivity contribution is 0.521. The van der Waals surface area contributed by atoms with Crippen LogP contribution in [0, 0.1) is 13.8 Å². The van der Waals surface area contributed by atoms with Crippen molar-refractivity contribution in [2.75, 3.05) is 6.54 Å². The van der Waals surface area contributed by atoms with Gasteiger partial charge >= 0.3 is 0 Å². The van der Waals surface area contributed by atoms with Gasteiger partial charge in [0.2, 0.25) is 0 Å². The predicted molar refractivity (Wildman–Crippen MR) is 80.6 cm³/mol. The normalized spacial score (nSPS) is 12.8. The van der Waals surface area contributed by atoms with Crippen LogP contribution in [0.5, 0.6) is 0 Å². The molecule has 0 bridgehead atoms. The van der Waals surface area contributed by atoms with Gasteiger partial charge in [0.15, 0.2) is 0 Å². The molecule has 1 atom stereocenters. The van der Waals surface area contributed by atoms with E-state index in [4.69, 9.17) is 0 Å². The minimum atomic E-state index is 0.447. The molecule has 4 heteroatoms. The molecule has 0 saturated heterocycles. The first-order valence-electron chi connectivity index (χ1n) is 6.40. The summed E-state index contributed by atoms with van der Waals surface area (Å²) in [4.78, 5) is 7.42. The first-order chi connectivity index (χ1) is 8.70. The Morgan fingerprint density at radius 1 is 1.39 bits per heavy atom. The maximum atomic E-state index is 4.54. The largest absolute Gasteiger partial charge is 0.309 e. The maximum absolute atomic E-state index is 4.54. The third-order valence-electron chi connectivity index (χ3n) is 2.97. The van der Waals surface area contributed by atoms with Gasteiger partial charge in [-0.25, -0.2) is 4.98 Å². The zero-order valence-electron chi connectivity index (χ0n) is 11.2. The van der Waals surface area contributed by atoms with Crippen molar-refractivity contribution in [1.29, 1.82) is 0 Å². The molecule has 0 aromatic carbocycles. The molecular formula is C14H20N2S2. The number of thiophene rings is 1. The average Bonchev–Trinajstić information content (AvgIpc) is 2.94. The minimum absolute atomic E-state index is 0.447. The van der Waals surface area contributed by atoms with Crippen LogP contribution in [0.25, 0.3) is 0 Å². The van der Waals surface area contributed by atoms with E-state index in [0.717, 1.165) is 19.4 Å². The Balaban J connectivity index is 2.05. The lowest BCUT2D eigenvalue weighted by Crippen LogP contribution is -2.21. The van der Waals surface area contributed by atoms with E-state index >= 15 is 0 Å². The zero-order chi connectivity index (χ0) is 13.0. The highest BCUT2D eigenvalue weighted by molar-refractivity contribution is 7.11. The SMILES string of the molecule is CCNC(CCc1cccs1)c1sc(C)nc1C. The van der Waals surface area contributed by atoms with Crippen molar-refractivity contribution in [3.63, 3.8) is 0 Å². The second-order valence-corrected chi connectivity index (χ2v) is 6.68. The van der Waals surface area contributed by atoms with Gasteiger partial charge in [-0.15, -0.1) is 22.7 Å². The third kappa shape index (κ3) is 3.40. The Labute approximate surface area is 117 Å². The molecule has 0 radical (unpaired) electrons. The van der Waals surface area contributed by atoms with E-state index in [0.29, 0.717) is 6.04 Å². The van der Waals surface area contributed by atoms with Crippen LogP contribution in [0.3, 0.4) is 0 Å². The molecule has 0 amide bonds. The van der Waals surface area contributed by atoms with Crippen molar-refractivity contribution in [2.24, 2.45) is 0 Å². The highest BCUT2D eigenvalue weighted by atomic mass is 32.1. The topological polar surface area (TPSA) is 24.9 Å². The van der Waals surface area contributed by atoms with Crippen LogP contribution in [0.15, 0.2) is 17.5 Å². The maximum Gasteiger partial charge on any atom is 0.0900 e. The molecule has 1 unspecified atom stereocenters. The van der Waals surface area contributed by atoms with E-state index in [2.05, 4.69) is 48.6 Å². The molecule has 2 nitrogen and oxygen atoms in total. The molecule has 2 aromatic rings. The van der Waals surface area contributed by atoms with Crippen LogP contribution < -0.4 is 5.32 Å². The number of hydrogen-bond donors (Lipinski definition) is 1. The first kappa shape index (κ1) is 13.7. The van der Waals surface area contributed by atoms with Gasteiger partial charge in [-0.2, -0.15) is 0 Å². The van der Waals surface area contributed by atoms with E-state index in [9.17, 15) is 0 Å². The Morgan fingerprint density at radius 3 is 2.78 bits per heavy atom. The van der Waals surface area contributed by atoms with E-state index in [1.807, 2.05) is 22.7 Å². The molecule has 98 valence electrons. The van der Waals surface area contributed by atoms with Crippen molar-refractivity contribution < 1.29 is 0 Å². The molecular weight excluding hydrogens is 260 g/mol. The van der Waals surface area contributed by atoms with Crippen LogP contribution in [0.4, 0.5) is 0 Å². The summed E-state index contributed by atoms with van der Waals surface area (Å²) in [6.07, 6.45) is 2.29. The molecule has 0 aliphatic rings. The lowest BCUT2D eigenvalue weighted by atomic mass is 10.1. The van der Waals surface area contributed by atoms with Gasteiger partial charge in [-0.3, -0.25) is 0 Å². The Bertz CT molecular complexity index is 474. The van der Waals surface area contributed by atoms with Gasteiger partial charge in [0.05, 0.1) is 10.7 Å². The van der Waals surface area contributed by atoms with Crippen LogP contribution >= 0.6 is 22.7 Å². The van der Waals surface area contributed by atoms with Crippen molar-refractivity contribution in [1.82, 2.24) is 10.3 Å². The highest BCUT2D eigenvalue weighted by Crippen LogP contribution is 2.28. The number of thiazole rings is 1. The van der Waals surface area contributed by atoms with Crippen molar-refractivity contribution in [2.45, 2.75) is 39.7 Å². The summed E-state index contributed by atoms with van der Waals surface area (Å²) in [5.74, 6) is 0. The van der Waals surface area contributed by atoms with E-state index in [-0.39, 0.29) is 0 Å². The Morgan fingerprint density at radius 2 is 2.22 bits per heavy atom. The molecule has 0 aliphatic heterocycles. The first-order valence-corrected chi connectivity index (χ1v) is 8.10. The van der Waals surface area contributed by atoms with Gasteiger partial charge < -0.3 is 5.32 Å². The Hall–Kier alpha value is -0.710. The van der Waals surface area contributed by atoms with Crippen LogP contribution in [-0.2, 0) is 6.42 Å². The Kier molecular flexibility index (Phi) is 4.92. The summed E-state index contributed by atoms with van der Waals surface area (Å²) in [5, 5.41) is 6.91. The summed E-state index contributed by atoms with van der Waals surface area (Å²) in [5.41, 5.74) is 1.19. The fraction of sp³-hybridized carbons (Fsp3) is 0.500. The van der Waals surface area contributed by atoms with E-state index in [1.54, 1.807) is 0 Å². The van der Waals surface area contributed by atoms with E-state index in [1.165, 1.54) is 20.5 Å². The van der Waals surface area contributed by atoms with Crippen LogP contribution in [-0.4, -0.2) is 11.5 Å². The molecule has 1 N–H and O–H groups in total. The van der Waals surface area contributed by atoms with Crippen molar-refractivity contribution in [3.8, 4) is 0 Å². The van der Waals surface area contributed by atoms with Crippen LogP contribution in [0.1, 0.15) is 39.8 Å². The fourth-order valence-corrected chi connectivity index (χ4v) is 3.95. The lowest BCUT2D eigenvalue weighted by Gasteiger charge is -2.16. The van der Waals surface area contributed by atoms with Crippen LogP contribution in [0.2, 0.25) is 0 Å². The number of nitrogens with zero attached hydrogens (tertiary/aromatic N) is 1. The van der Waals surface area contributed by atoms with Gasteiger partial charge in [0.1, 0.15) is 0 Å². The number of aromatic nitrogens is 1. The smallest absolute Gasteiger partial charge is 0.0900 e. The molecule has 0 aliphatic carbocycles. The summed E-state index contributed by atoms with van der Waals surface area (Å²) in [6.45, 7) is 7.38. The summed E-state index contributed by atoms with van der Waals surface area (Å²) < 4.78 is 0. The zero-order valence-corrected chi connectivity index (χ0v) is 12.8. The number of hydrogen-bond acceptors (Lipinski definition) is 4. The summed E-state index contributed by atoms with van der Waals surface area (Å²) in [6, 6.07) is 4.80. The molecule has 2 rings (SSSR count). The van der Waals surface area contributed by atoms with Crippen molar-refractivity contribution in [3.05, 3.63) is 38.0 Å². The molecule has 0 fully saturated rings. The monoisotopic (exact) mass is 280 g/mol. The number of aryl methyl sites for hydroxylation is 3. The summed E-state index contributed by atoms with van der Waals surface area (Å²) >= 11 is 3.68. The molecule has 2 aromatic heterocycles. The second kappa shape index (κ2) is 6.45. The second-order valence-electron chi connectivity index (χ2n) is 4.41. The number of rotatable bonds is 6. The van der Waals surface area contributed by atoms with Gasteiger partial charge in [-0.1, -0.05) is 13.0 Å². The standard InChI is InChI=1S/C14H20N2S2/c1-4-15-13(8-7-12-6-5-9-17-12)14-10(2)16-11(3)18-14/h5-6,9,13,15H,4,7-8H2,1-3H3. The van der Waals surface area contributed by atoms with Gasteiger partial charge in [0, 0.05) is 15.8 Å². The molecule has 0 saturated carbocycles. The average molecular weight is 280 g/mol. The van der Waals surface area contributed by atoms with Gasteiger partial charge in [-0.05, 0) is 44.7 Å².